The topological polar surface area (TPSA) is 74.4 Å². The number of nitrogens with zero attached hydrogens (tertiary/aromatic N) is 1. The van der Waals surface area contributed by atoms with Crippen LogP contribution in [-0.4, -0.2) is 31.2 Å². The van der Waals surface area contributed by atoms with Crippen molar-refractivity contribution < 1.29 is 18.7 Å². The molecule has 0 unspecified atom stereocenters. The number of amides is 1. The van der Waals surface area contributed by atoms with Crippen molar-refractivity contribution in [3.05, 3.63) is 23.6 Å². The average Bonchev–Trinajstić information content (AvgIpc) is 2.20. The number of carbonyl (C=O) groups excluding carboxylic acids is 1. The van der Waals surface area contributed by atoms with E-state index in [4.69, 9.17) is 15.2 Å². The Kier molecular flexibility index (Phi) is 3.99. The van der Waals surface area contributed by atoms with Gasteiger partial charge in [0.1, 0.15) is 18.0 Å². The predicted molar refractivity (Wildman–Crippen MR) is 50.1 cm³/mol. The Morgan fingerprint density at radius 3 is 2.93 bits per heavy atom. The number of pyridine rings is 1. The number of methoxy groups -OCH3 is 1. The monoisotopic (exact) mass is 214 g/mol. The van der Waals surface area contributed by atoms with Crippen LogP contribution in [0, 0.1) is 5.82 Å². The highest BCUT2D eigenvalue weighted by atomic mass is 19.1. The second kappa shape index (κ2) is 5.26. The number of carbonyl (C=O) groups is 1. The predicted octanol–water partition coefficient (Wildman–Crippen LogP) is 0.345. The van der Waals surface area contributed by atoms with Crippen LogP contribution in [0.5, 0.6) is 5.88 Å². The largest absolute Gasteiger partial charge is 0.475 e. The van der Waals surface area contributed by atoms with E-state index >= 15 is 0 Å². The molecule has 0 aliphatic rings. The lowest BCUT2D eigenvalue weighted by Crippen LogP contribution is -2.15. The molecule has 0 saturated carbocycles. The first kappa shape index (κ1) is 11.4. The quantitative estimate of drug-likeness (QED) is 0.717. The maximum absolute atomic E-state index is 12.7. The van der Waals surface area contributed by atoms with E-state index in [1.807, 2.05) is 0 Å². The minimum absolute atomic E-state index is 0.0148. The third-order valence-electron chi connectivity index (χ3n) is 1.61. The van der Waals surface area contributed by atoms with E-state index in [1.165, 1.54) is 7.11 Å². The van der Waals surface area contributed by atoms with Gasteiger partial charge < -0.3 is 15.2 Å². The van der Waals surface area contributed by atoms with Crippen LogP contribution in [0.15, 0.2) is 12.3 Å². The summed E-state index contributed by atoms with van der Waals surface area (Å²) in [5.41, 5.74) is 4.95. The Hall–Kier alpha value is -1.69. The van der Waals surface area contributed by atoms with Crippen molar-refractivity contribution in [3.8, 4) is 5.88 Å². The molecule has 0 bridgehead atoms. The van der Waals surface area contributed by atoms with Gasteiger partial charge in [-0.1, -0.05) is 0 Å². The van der Waals surface area contributed by atoms with E-state index in [1.54, 1.807) is 0 Å². The number of hydrogen-bond acceptors (Lipinski definition) is 4. The summed E-state index contributed by atoms with van der Waals surface area (Å²) in [6.45, 7) is 0.562. The first-order chi connectivity index (χ1) is 7.15. The third kappa shape index (κ3) is 3.17. The molecule has 0 aliphatic heterocycles. The smallest absolute Gasteiger partial charge is 0.254 e. The highest BCUT2D eigenvalue weighted by Crippen LogP contribution is 2.15. The molecule has 0 fully saturated rings. The summed E-state index contributed by atoms with van der Waals surface area (Å²) in [4.78, 5) is 14.5. The van der Waals surface area contributed by atoms with Crippen LogP contribution in [0.1, 0.15) is 10.4 Å². The van der Waals surface area contributed by atoms with Gasteiger partial charge in [0.05, 0.1) is 12.8 Å². The maximum atomic E-state index is 12.7. The molecule has 2 N–H and O–H groups in total. The molecule has 82 valence electrons. The number of ether oxygens (including phenoxy) is 2. The number of hydrogen-bond donors (Lipinski definition) is 1. The molecule has 0 aromatic carbocycles. The van der Waals surface area contributed by atoms with Crippen molar-refractivity contribution >= 4 is 5.91 Å². The lowest BCUT2D eigenvalue weighted by Gasteiger charge is -2.07. The van der Waals surface area contributed by atoms with Crippen LogP contribution in [-0.2, 0) is 4.74 Å². The molecule has 0 radical (unpaired) electrons. The zero-order chi connectivity index (χ0) is 11.3. The normalized spacial score (nSPS) is 10.0. The standard InChI is InChI=1S/C9H11FN2O3/c1-14-2-3-15-9-7(8(11)13)4-6(10)5-12-9/h4-5H,2-3H2,1H3,(H2,11,13). The van der Waals surface area contributed by atoms with Crippen molar-refractivity contribution in [2.45, 2.75) is 0 Å². The Morgan fingerprint density at radius 1 is 1.60 bits per heavy atom. The molecule has 1 heterocycles. The summed E-state index contributed by atoms with van der Waals surface area (Å²) in [5, 5.41) is 0. The molecule has 0 aliphatic carbocycles. The van der Waals surface area contributed by atoms with Crippen molar-refractivity contribution in [1.29, 1.82) is 0 Å². The van der Waals surface area contributed by atoms with Crippen LogP contribution in [0.25, 0.3) is 0 Å². The van der Waals surface area contributed by atoms with E-state index in [0.29, 0.717) is 6.61 Å². The van der Waals surface area contributed by atoms with Gasteiger partial charge in [-0.3, -0.25) is 4.79 Å². The van der Waals surface area contributed by atoms with Gasteiger partial charge in [0, 0.05) is 7.11 Å². The number of halogens is 1. The summed E-state index contributed by atoms with van der Waals surface area (Å²) in [5.74, 6) is -1.40. The average molecular weight is 214 g/mol. The Balaban J connectivity index is 2.81. The van der Waals surface area contributed by atoms with Crippen molar-refractivity contribution in [2.24, 2.45) is 5.73 Å². The highest BCUT2D eigenvalue weighted by Gasteiger charge is 2.12. The van der Waals surface area contributed by atoms with Crippen LogP contribution < -0.4 is 10.5 Å². The van der Waals surface area contributed by atoms with Gasteiger partial charge in [-0.2, -0.15) is 0 Å². The first-order valence-electron chi connectivity index (χ1n) is 4.22. The van der Waals surface area contributed by atoms with Gasteiger partial charge in [0.2, 0.25) is 5.88 Å². The second-order valence-corrected chi connectivity index (χ2v) is 2.71. The molecule has 1 amide bonds. The van der Waals surface area contributed by atoms with E-state index in [0.717, 1.165) is 12.3 Å². The molecular weight excluding hydrogens is 203 g/mol. The molecule has 15 heavy (non-hydrogen) atoms. The van der Waals surface area contributed by atoms with E-state index in [2.05, 4.69) is 4.98 Å². The molecule has 1 aromatic heterocycles. The molecule has 0 atom stereocenters. The van der Waals surface area contributed by atoms with Crippen LogP contribution in [0.4, 0.5) is 4.39 Å². The SMILES string of the molecule is COCCOc1ncc(F)cc1C(N)=O. The highest BCUT2D eigenvalue weighted by molar-refractivity contribution is 5.94. The second-order valence-electron chi connectivity index (χ2n) is 2.71. The summed E-state index contributed by atoms with van der Waals surface area (Å²) in [6.07, 6.45) is 0.953. The van der Waals surface area contributed by atoms with E-state index in [-0.39, 0.29) is 18.1 Å². The molecule has 0 spiro atoms. The van der Waals surface area contributed by atoms with E-state index < -0.39 is 11.7 Å². The molecule has 5 nitrogen and oxygen atoms in total. The van der Waals surface area contributed by atoms with Gasteiger partial charge >= 0.3 is 0 Å². The van der Waals surface area contributed by atoms with Crippen molar-refractivity contribution in [3.63, 3.8) is 0 Å². The summed E-state index contributed by atoms with van der Waals surface area (Å²) < 4.78 is 22.6. The third-order valence-corrected chi connectivity index (χ3v) is 1.61. The zero-order valence-electron chi connectivity index (χ0n) is 8.20. The Morgan fingerprint density at radius 2 is 2.33 bits per heavy atom. The molecule has 0 saturated heterocycles. The van der Waals surface area contributed by atoms with Crippen molar-refractivity contribution in [2.75, 3.05) is 20.3 Å². The Labute approximate surface area is 86.0 Å². The molecule has 6 heteroatoms. The number of aromatic nitrogens is 1. The summed E-state index contributed by atoms with van der Waals surface area (Å²) in [7, 11) is 1.51. The lowest BCUT2D eigenvalue weighted by molar-refractivity contribution is 0.0990. The van der Waals surface area contributed by atoms with E-state index in [9.17, 15) is 9.18 Å². The number of primary amides is 1. The fraction of sp³-hybridized carbons (Fsp3) is 0.333. The number of nitrogens with two attached hydrogens (primary N) is 1. The lowest BCUT2D eigenvalue weighted by atomic mass is 10.2. The van der Waals surface area contributed by atoms with Gasteiger partial charge in [0.25, 0.3) is 5.91 Å². The van der Waals surface area contributed by atoms with Gasteiger partial charge in [-0.15, -0.1) is 0 Å². The van der Waals surface area contributed by atoms with Crippen molar-refractivity contribution in [1.82, 2.24) is 4.98 Å². The van der Waals surface area contributed by atoms with Crippen LogP contribution in [0.2, 0.25) is 0 Å². The maximum Gasteiger partial charge on any atom is 0.254 e. The Bertz CT molecular complexity index is 357. The van der Waals surface area contributed by atoms with Crippen LogP contribution in [0.3, 0.4) is 0 Å². The molecule has 1 rings (SSSR count). The number of rotatable bonds is 5. The molecular formula is C9H11FN2O3. The summed E-state index contributed by atoms with van der Waals surface area (Å²) in [6, 6.07) is 0.984. The zero-order valence-corrected chi connectivity index (χ0v) is 8.20. The van der Waals surface area contributed by atoms with Gasteiger partial charge in [-0.05, 0) is 6.07 Å². The minimum atomic E-state index is -0.783. The fourth-order valence-electron chi connectivity index (χ4n) is 0.940. The first-order valence-corrected chi connectivity index (χ1v) is 4.22. The fourth-order valence-corrected chi connectivity index (χ4v) is 0.940. The van der Waals surface area contributed by atoms with Gasteiger partial charge in [0.15, 0.2) is 0 Å². The summed E-state index contributed by atoms with van der Waals surface area (Å²) >= 11 is 0. The van der Waals surface area contributed by atoms with Gasteiger partial charge in [-0.25, -0.2) is 9.37 Å². The van der Waals surface area contributed by atoms with Crippen LogP contribution >= 0.6 is 0 Å². The molecule has 1 aromatic rings. The minimum Gasteiger partial charge on any atom is -0.475 e.